The molecule has 1 fully saturated rings. The number of amides is 1. The number of nitrogens with zero attached hydrogens (tertiary/aromatic N) is 2. The van der Waals surface area contributed by atoms with Crippen molar-refractivity contribution >= 4 is 5.91 Å². The lowest BCUT2D eigenvalue weighted by Gasteiger charge is -2.08. The van der Waals surface area contributed by atoms with E-state index in [1.807, 2.05) is 6.92 Å². The summed E-state index contributed by atoms with van der Waals surface area (Å²) in [5.41, 5.74) is 0. The van der Waals surface area contributed by atoms with E-state index < -0.39 is 0 Å². The molecule has 5 heteroatoms. The summed E-state index contributed by atoms with van der Waals surface area (Å²) in [6.07, 6.45) is 0.988. The van der Waals surface area contributed by atoms with Crippen molar-refractivity contribution in [2.75, 3.05) is 0 Å². The maximum atomic E-state index is 11.6. The second-order valence-corrected chi connectivity index (χ2v) is 4.23. The molecule has 0 spiro atoms. The normalized spacial score (nSPS) is 26.1. The number of nitrogens with one attached hydrogen (secondary N) is 1. The van der Waals surface area contributed by atoms with Crippen molar-refractivity contribution in [1.29, 1.82) is 0 Å². The molecule has 1 aliphatic carbocycles. The molecule has 5 nitrogen and oxygen atoms in total. The van der Waals surface area contributed by atoms with Gasteiger partial charge in [-0.3, -0.25) is 4.79 Å². The van der Waals surface area contributed by atoms with E-state index in [-0.39, 0.29) is 17.9 Å². The lowest BCUT2D eigenvalue weighted by atomic mass is 10.2. The van der Waals surface area contributed by atoms with E-state index in [1.54, 1.807) is 6.92 Å². The molecule has 1 N–H and O–H groups in total. The minimum Gasteiger partial charge on any atom is -0.344 e. The molecule has 82 valence electrons. The van der Waals surface area contributed by atoms with Crippen LogP contribution in [0, 0.1) is 18.8 Å². The number of aromatic nitrogens is 2. The first-order chi connectivity index (χ1) is 7.08. The lowest BCUT2D eigenvalue weighted by molar-refractivity contribution is -0.123. The van der Waals surface area contributed by atoms with Crippen LogP contribution in [0.1, 0.15) is 38.0 Å². The van der Waals surface area contributed by atoms with Gasteiger partial charge < -0.3 is 9.84 Å². The fourth-order valence-electron chi connectivity index (χ4n) is 1.56. The van der Waals surface area contributed by atoms with Crippen LogP contribution in [0.4, 0.5) is 0 Å². The van der Waals surface area contributed by atoms with Crippen molar-refractivity contribution in [3.8, 4) is 0 Å². The summed E-state index contributed by atoms with van der Waals surface area (Å²) in [4.78, 5) is 15.7. The third-order valence-corrected chi connectivity index (χ3v) is 2.72. The van der Waals surface area contributed by atoms with Gasteiger partial charge >= 0.3 is 0 Å². The first-order valence-electron chi connectivity index (χ1n) is 5.18. The maximum Gasteiger partial charge on any atom is 0.248 e. The van der Waals surface area contributed by atoms with E-state index in [9.17, 15) is 4.79 Å². The Balaban J connectivity index is 1.92. The number of hydrogen-bond donors (Lipinski definition) is 1. The van der Waals surface area contributed by atoms with Gasteiger partial charge in [-0.25, -0.2) is 0 Å². The van der Waals surface area contributed by atoms with E-state index >= 15 is 0 Å². The zero-order chi connectivity index (χ0) is 11.0. The average molecular weight is 209 g/mol. The molecule has 0 bridgehead atoms. The fraction of sp³-hybridized carbons (Fsp3) is 0.700. The maximum absolute atomic E-state index is 11.6. The number of carbonyl (C=O) groups is 1. The molecule has 2 rings (SSSR count). The van der Waals surface area contributed by atoms with Crippen molar-refractivity contribution in [3.05, 3.63) is 11.7 Å². The van der Waals surface area contributed by atoms with Crippen molar-refractivity contribution < 1.29 is 9.32 Å². The number of carbonyl (C=O) groups excluding carboxylic acids is 1. The van der Waals surface area contributed by atoms with Gasteiger partial charge in [0.15, 0.2) is 5.82 Å². The highest BCUT2D eigenvalue weighted by Gasteiger charge is 2.39. The van der Waals surface area contributed by atoms with Crippen LogP contribution in [0.2, 0.25) is 0 Å². The highest BCUT2D eigenvalue weighted by molar-refractivity contribution is 5.81. The van der Waals surface area contributed by atoms with Crippen LogP contribution in [0.25, 0.3) is 0 Å². The molecule has 1 saturated carbocycles. The molecule has 1 heterocycles. The number of aryl methyl sites for hydroxylation is 1. The van der Waals surface area contributed by atoms with Gasteiger partial charge in [-0.1, -0.05) is 12.1 Å². The van der Waals surface area contributed by atoms with Gasteiger partial charge in [-0.15, -0.1) is 0 Å². The molecule has 0 saturated heterocycles. The molecule has 0 aromatic carbocycles. The van der Waals surface area contributed by atoms with Crippen LogP contribution in [-0.4, -0.2) is 16.0 Å². The Bertz CT molecular complexity index is 374. The topological polar surface area (TPSA) is 68.0 Å². The molecule has 1 aromatic rings. The minimum atomic E-state index is -0.202. The van der Waals surface area contributed by atoms with E-state index in [1.165, 1.54) is 0 Å². The summed E-state index contributed by atoms with van der Waals surface area (Å²) in [5, 5.41) is 6.55. The molecule has 0 radical (unpaired) electrons. The molecule has 3 atom stereocenters. The third kappa shape index (κ3) is 2.16. The van der Waals surface area contributed by atoms with E-state index in [0.29, 0.717) is 17.6 Å². The minimum absolute atomic E-state index is 0.0888. The predicted octanol–water partition coefficient (Wildman–Crippen LogP) is 1.21. The standard InChI is InChI=1S/C10H15N3O2/c1-5-4-8(5)9(14)11-6(2)10-12-7(3)13-15-10/h5-6,8H,4H2,1-3H3,(H,11,14)/t5-,6?,8-/m0/s1. The zero-order valence-corrected chi connectivity index (χ0v) is 9.15. The first-order valence-corrected chi connectivity index (χ1v) is 5.18. The molecule has 1 unspecified atom stereocenters. The summed E-state index contributed by atoms with van der Waals surface area (Å²) < 4.78 is 4.98. The highest BCUT2D eigenvalue weighted by atomic mass is 16.5. The van der Waals surface area contributed by atoms with Crippen molar-refractivity contribution in [2.24, 2.45) is 11.8 Å². The Labute approximate surface area is 88.2 Å². The summed E-state index contributed by atoms with van der Waals surface area (Å²) in [6.45, 7) is 5.67. The summed E-state index contributed by atoms with van der Waals surface area (Å²) in [6, 6.07) is -0.202. The van der Waals surface area contributed by atoms with Crippen molar-refractivity contribution in [2.45, 2.75) is 33.2 Å². The second kappa shape index (κ2) is 3.64. The van der Waals surface area contributed by atoms with Gasteiger partial charge in [-0.05, 0) is 26.2 Å². The number of hydrogen-bond acceptors (Lipinski definition) is 4. The summed E-state index contributed by atoms with van der Waals surface area (Å²) in [7, 11) is 0. The molecule has 15 heavy (non-hydrogen) atoms. The van der Waals surface area contributed by atoms with Gasteiger partial charge in [0, 0.05) is 5.92 Å². The smallest absolute Gasteiger partial charge is 0.248 e. The second-order valence-electron chi connectivity index (χ2n) is 4.23. The first kappa shape index (κ1) is 10.1. The van der Waals surface area contributed by atoms with Crippen LogP contribution in [0.5, 0.6) is 0 Å². The Morgan fingerprint density at radius 1 is 1.67 bits per heavy atom. The lowest BCUT2D eigenvalue weighted by Crippen LogP contribution is -2.28. The quantitative estimate of drug-likeness (QED) is 0.812. The Hall–Kier alpha value is -1.39. The largest absolute Gasteiger partial charge is 0.344 e. The Kier molecular flexibility index (Phi) is 2.46. The Morgan fingerprint density at radius 3 is 2.80 bits per heavy atom. The molecular weight excluding hydrogens is 194 g/mol. The number of rotatable bonds is 3. The van der Waals surface area contributed by atoms with Crippen molar-refractivity contribution in [3.63, 3.8) is 0 Å². The fourth-order valence-corrected chi connectivity index (χ4v) is 1.56. The van der Waals surface area contributed by atoms with E-state index in [4.69, 9.17) is 4.52 Å². The molecular formula is C10H15N3O2. The van der Waals surface area contributed by atoms with Gasteiger partial charge in [0.1, 0.15) is 6.04 Å². The van der Waals surface area contributed by atoms with Gasteiger partial charge in [-0.2, -0.15) is 4.98 Å². The Morgan fingerprint density at radius 2 is 2.33 bits per heavy atom. The SMILES string of the molecule is Cc1noc(C(C)NC(=O)[C@H]2C[C@@H]2C)n1. The molecule has 0 aliphatic heterocycles. The van der Waals surface area contributed by atoms with Crippen molar-refractivity contribution in [1.82, 2.24) is 15.5 Å². The van der Waals surface area contributed by atoms with Crippen LogP contribution in [-0.2, 0) is 4.79 Å². The zero-order valence-electron chi connectivity index (χ0n) is 9.15. The third-order valence-electron chi connectivity index (χ3n) is 2.72. The molecule has 1 aliphatic rings. The van der Waals surface area contributed by atoms with Crippen LogP contribution in [0.15, 0.2) is 4.52 Å². The van der Waals surface area contributed by atoms with Crippen LogP contribution < -0.4 is 5.32 Å². The summed E-state index contributed by atoms with van der Waals surface area (Å²) >= 11 is 0. The van der Waals surface area contributed by atoms with Crippen LogP contribution >= 0.6 is 0 Å². The monoisotopic (exact) mass is 209 g/mol. The summed E-state index contributed by atoms with van der Waals surface area (Å²) in [5.74, 6) is 1.84. The average Bonchev–Trinajstić information content (AvgIpc) is 2.73. The van der Waals surface area contributed by atoms with E-state index in [0.717, 1.165) is 6.42 Å². The van der Waals surface area contributed by atoms with E-state index in [2.05, 4.69) is 22.4 Å². The predicted molar refractivity (Wildman–Crippen MR) is 52.9 cm³/mol. The highest BCUT2D eigenvalue weighted by Crippen LogP contribution is 2.38. The molecule has 1 amide bonds. The molecule has 1 aromatic heterocycles. The van der Waals surface area contributed by atoms with Gasteiger partial charge in [0.25, 0.3) is 0 Å². The van der Waals surface area contributed by atoms with Crippen LogP contribution in [0.3, 0.4) is 0 Å². The van der Waals surface area contributed by atoms with Gasteiger partial charge in [0.05, 0.1) is 0 Å². The van der Waals surface area contributed by atoms with Gasteiger partial charge in [0.2, 0.25) is 11.8 Å².